The van der Waals surface area contributed by atoms with Gasteiger partial charge in [-0.3, -0.25) is 0 Å². The Morgan fingerprint density at radius 2 is 2.04 bits per heavy atom. The van der Waals surface area contributed by atoms with Gasteiger partial charge in [0.05, 0.1) is 0 Å². The van der Waals surface area contributed by atoms with Crippen LogP contribution in [0, 0.1) is 19.8 Å². The van der Waals surface area contributed by atoms with E-state index in [0.29, 0.717) is 5.92 Å². The van der Waals surface area contributed by atoms with E-state index >= 15 is 0 Å². The molecule has 4 rings (SSSR count). The summed E-state index contributed by atoms with van der Waals surface area (Å²) in [4.78, 5) is 11.1. The smallest absolute Gasteiger partial charge is 0.176 e. The van der Waals surface area contributed by atoms with Crippen LogP contribution in [0.1, 0.15) is 17.9 Å². The number of rotatable bonds is 4. The Bertz CT molecular complexity index is 857. The number of nitrogens with zero attached hydrogens (tertiary/aromatic N) is 6. The van der Waals surface area contributed by atoms with Crippen LogP contribution in [0.15, 0.2) is 30.3 Å². The summed E-state index contributed by atoms with van der Waals surface area (Å²) in [5.41, 5.74) is 1.83. The summed E-state index contributed by atoms with van der Waals surface area (Å²) in [6.07, 6.45) is 1.15. The van der Waals surface area contributed by atoms with E-state index in [9.17, 15) is 0 Å². The molecule has 0 aliphatic carbocycles. The minimum Gasteiger partial charge on any atom is -0.370 e. The zero-order valence-electron chi connectivity index (χ0n) is 14.0. The molecule has 0 radical (unpaired) electrons. The average Bonchev–Trinajstić information content (AvgIpc) is 3.17. The van der Waals surface area contributed by atoms with Crippen molar-refractivity contribution in [3.05, 3.63) is 41.9 Å². The molecule has 0 bridgehead atoms. The van der Waals surface area contributed by atoms with E-state index in [1.54, 1.807) is 4.63 Å². The van der Waals surface area contributed by atoms with Gasteiger partial charge in [-0.25, -0.2) is 9.97 Å². The van der Waals surface area contributed by atoms with Gasteiger partial charge >= 0.3 is 0 Å². The van der Waals surface area contributed by atoms with E-state index in [1.165, 1.54) is 0 Å². The third-order valence-electron chi connectivity index (χ3n) is 4.37. The van der Waals surface area contributed by atoms with Crippen LogP contribution < -0.4 is 10.2 Å². The molecule has 1 aliphatic rings. The number of pyridine rings is 1. The van der Waals surface area contributed by atoms with Gasteiger partial charge in [0.25, 0.3) is 0 Å². The van der Waals surface area contributed by atoms with Crippen LogP contribution in [0.2, 0.25) is 0 Å². The second kappa shape index (κ2) is 6.07. The minimum absolute atomic E-state index is 0.585. The normalized spacial score (nSPS) is 17.6. The zero-order chi connectivity index (χ0) is 16.5. The van der Waals surface area contributed by atoms with Crippen molar-refractivity contribution >= 4 is 17.3 Å². The molecule has 0 aromatic carbocycles. The molecule has 7 nitrogen and oxygen atoms in total. The van der Waals surface area contributed by atoms with Crippen LogP contribution in [-0.2, 0) is 0 Å². The Balaban J connectivity index is 1.40. The summed E-state index contributed by atoms with van der Waals surface area (Å²) >= 11 is 0. The molecular weight excluding hydrogens is 302 g/mol. The summed E-state index contributed by atoms with van der Waals surface area (Å²) in [5.74, 6) is 3.24. The van der Waals surface area contributed by atoms with Crippen molar-refractivity contribution < 1.29 is 0 Å². The third-order valence-corrected chi connectivity index (χ3v) is 4.37. The van der Waals surface area contributed by atoms with Gasteiger partial charge in [-0.1, -0.05) is 6.07 Å². The van der Waals surface area contributed by atoms with E-state index in [4.69, 9.17) is 0 Å². The number of anilines is 2. The lowest BCUT2D eigenvalue weighted by atomic mass is 10.1. The van der Waals surface area contributed by atoms with Crippen LogP contribution in [0.5, 0.6) is 0 Å². The van der Waals surface area contributed by atoms with Crippen molar-refractivity contribution in [2.24, 2.45) is 5.92 Å². The molecule has 1 atom stereocenters. The van der Waals surface area contributed by atoms with Crippen LogP contribution in [0.4, 0.5) is 11.6 Å². The number of aromatic nitrogens is 5. The highest BCUT2D eigenvalue weighted by Gasteiger charge is 2.24. The number of nitrogens with one attached hydrogen (secondary N) is 1. The van der Waals surface area contributed by atoms with E-state index in [0.717, 1.165) is 54.9 Å². The highest BCUT2D eigenvalue weighted by atomic mass is 15.5. The highest BCUT2D eigenvalue weighted by molar-refractivity contribution is 5.46. The van der Waals surface area contributed by atoms with Crippen LogP contribution >= 0.6 is 0 Å². The first-order valence-electron chi connectivity index (χ1n) is 8.30. The third kappa shape index (κ3) is 3.02. The van der Waals surface area contributed by atoms with Crippen molar-refractivity contribution in [1.29, 1.82) is 0 Å². The lowest BCUT2D eigenvalue weighted by Gasteiger charge is -2.17. The summed E-state index contributed by atoms with van der Waals surface area (Å²) in [6, 6.07) is 10.1. The van der Waals surface area contributed by atoms with Crippen molar-refractivity contribution in [3.8, 4) is 0 Å². The van der Waals surface area contributed by atoms with Crippen molar-refractivity contribution in [1.82, 2.24) is 24.8 Å². The van der Waals surface area contributed by atoms with E-state index < -0.39 is 0 Å². The molecule has 0 amide bonds. The molecule has 1 aliphatic heterocycles. The standard InChI is InChI=1S/C17H21N7/c1-12-4-3-5-15(19-12)18-10-14-8-9-23(11-14)17-7-6-16-20-13(2)21-24(16)22-17/h3-7,14H,8-11H2,1-2H3,(H,18,19)/t14-/m0/s1. The van der Waals surface area contributed by atoms with Gasteiger partial charge in [-0.05, 0) is 50.5 Å². The summed E-state index contributed by atoms with van der Waals surface area (Å²) in [7, 11) is 0. The quantitative estimate of drug-likeness (QED) is 0.792. The molecule has 3 aromatic heterocycles. The maximum Gasteiger partial charge on any atom is 0.176 e. The van der Waals surface area contributed by atoms with Gasteiger partial charge in [0, 0.05) is 25.3 Å². The molecule has 0 spiro atoms. The van der Waals surface area contributed by atoms with Crippen LogP contribution in [0.3, 0.4) is 0 Å². The Morgan fingerprint density at radius 3 is 2.92 bits per heavy atom. The molecule has 1 saturated heterocycles. The van der Waals surface area contributed by atoms with Gasteiger partial charge in [-0.15, -0.1) is 14.8 Å². The maximum atomic E-state index is 4.58. The van der Waals surface area contributed by atoms with Gasteiger partial charge in [0.2, 0.25) is 0 Å². The first-order valence-corrected chi connectivity index (χ1v) is 8.30. The highest BCUT2D eigenvalue weighted by Crippen LogP contribution is 2.22. The van der Waals surface area contributed by atoms with Crippen molar-refractivity contribution in [3.63, 3.8) is 0 Å². The second-order valence-corrected chi connectivity index (χ2v) is 6.34. The molecule has 124 valence electrons. The maximum absolute atomic E-state index is 4.58. The molecule has 0 unspecified atom stereocenters. The second-order valence-electron chi connectivity index (χ2n) is 6.34. The van der Waals surface area contributed by atoms with E-state index in [1.807, 2.05) is 44.2 Å². The molecule has 1 fully saturated rings. The van der Waals surface area contributed by atoms with Crippen LogP contribution in [-0.4, -0.2) is 44.4 Å². The van der Waals surface area contributed by atoms with Crippen molar-refractivity contribution in [2.45, 2.75) is 20.3 Å². The first-order chi connectivity index (χ1) is 11.7. The number of aryl methyl sites for hydroxylation is 2. The first kappa shape index (κ1) is 14.9. The van der Waals surface area contributed by atoms with Crippen LogP contribution in [0.25, 0.3) is 5.65 Å². The number of hydrogen-bond acceptors (Lipinski definition) is 6. The minimum atomic E-state index is 0.585. The molecule has 1 N–H and O–H groups in total. The Labute approximate surface area is 140 Å². The fourth-order valence-corrected chi connectivity index (χ4v) is 3.14. The average molecular weight is 323 g/mol. The summed E-state index contributed by atoms with van der Waals surface area (Å²) in [5, 5.41) is 12.3. The predicted octanol–water partition coefficient (Wildman–Crippen LogP) is 2.07. The molecule has 4 heterocycles. The monoisotopic (exact) mass is 323 g/mol. The molecule has 24 heavy (non-hydrogen) atoms. The molecule has 0 saturated carbocycles. The van der Waals surface area contributed by atoms with Gasteiger partial charge in [-0.2, -0.15) is 0 Å². The lowest BCUT2D eigenvalue weighted by Crippen LogP contribution is -2.24. The fraction of sp³-hybridized carbons (Fsp3) is 0.412. The topological polar surface area (TPSA) is 71.2 Å². The van der Waals surface area contributed by atoms with Crippen molar-refractivity contribution in [2.75, 3.05) is 29.9 Å². The fourth-order valence-electron chi connectivity index (χ4n) is 3.14. The van der Waals surface area contributed by atoms with Gasteiger partial charge in [0.1, 0.15) is 11.6 Å². The Hall–Kier alpha value is -2.70. The largest absolute Gasteiger partial charge is 0.370 e. The Kier molecular flexibility index (Phi) is 3.76. The molecule has 3 aromatic rings. The Morgan fingerprint density at radius 1 is 1.12 bits per heavy atom. The van der Waals surface area contributed by atoms with E-state index in [2.05, 4.69) is 30.4 Å². The molecular formula is C17H21N7. The van der Waals surface area contributed by atoms with E-state index in [-0.39, 0.29) is 0 Å². The summed E-state index contributed by atoms with van der Waals surface area (Å²) < 4.78 is 1.62. The SMILES string of the molecule is Cc1cccc(NC[C@@H]2CCN(c3ccc4nc(C)nn4n3)C2)n1. The van der Waals surface area contributed by atoms with Gasteiger partial charge < -0.3 is 10.2 Å². The van der Waals surface area contributed by atoms with Gasteiger partial charge in [0.15, 0.2) is 11.5 Å². The molecule has 7 heteroatoms. The summed E-state index contributed by atoms with van der Waals surface area (Å²) in [6.45, 7) is 6.82. The predicted molar refractivity (Wildman–Crippen MR) is 93.3 cm³/mol. The number of hydrogen-bond donors (Lipinski definition) is 1. The number of fused-ring (bicyclic) bond motifs is 1. The lowest BCUT2D eigenvalue weighted by molar-refractivity contribution is 0.620. The zero-order valence-corrected chi connectivity index (χ0v) is 14.0.